The van der Waals surface area contributed by atoms with Gasteiger partial charge in [-0.3, -0.25) is 4.79 Å². The highest BCUT2D eigenvalue weighted by Gasteiger charge is 2.33. The van der Waals surface area contributed by atoms with Crippen LogP contribution >= 0.6 is 11.3 Å². The summed E-state index contributed by atoms with van der Waals surface area (Å²) in [6.45, 7) is -0.604. The summed E-state index contributed by atoms with van der Waals surface area (Å²) in [6.07, 6.45) is -4.80. The summed E-state index contributed by atoms with van der Waals surface area (Å²) in [5, 5.41) is 17.7. The fourth-order valence-corrected chi connectivity index (χ4v) is 3.21. The minimum absolute atomic E-state index is 0.0125. The molecule has 0 aliphatic heterocycles. The van der Waals surface area contributed by atoms with Gasteiger partial charge in [-0.15, -0.1) is 24.5 Å². The van der Waals surface area contributed by atoms with E-state index in [0.717, 1.165) is 10.9 Å². The van der Waals surface area contributed by atoms with Crippen molar-refractivity contribution in [3.05, 3.63) is 53.2 Å². The summed E-state index contributed by atoms with van der Waals surface area (Å²) in [7, 11) is 0. The molecule has 3 rings (SSSR count). The number of thiophene rings is 1. The standard InChI is InChI=1S/C18H16F3N3O4S/c19-18(20,21)27-13-5-2-1-4-11(13)12(10-25)22-15(26)7-8-16-23-17(24-28-16)14-6-3-9-29-14/h1-6,9,12,25H,7-8,10H2,(H,22,26). The average molecular weight is 427 g/mol. The fourth-order valence-electron chi connectivity index (χ4n) is 2.56. The van der Waals surface area contributed by atoms with E-state index >= 15 is 0 Å². The van der Waals surface area contributed by atoms with Crippen molar-refractivity contribution in [3.8, 4) is 16.5 Å². The molecule has 2 heterocycles. The first-order valence-electron chi connectivity index (χ1n) is 8.47. The Hall–Kier alpha value is -2.92. The molecule has 2 aromatic heterocycles. The number of aromatic nitrogens is 2. The van der Waals surface area contributed by atoms with E-state index in [1.807, 2.05) is 17.5 Å². The van der Waals surface area contributed by atoms with E-state index in [1.54, 1.807) is 0 Å². The van der Waals surface area contributed by atoms with Gasteiger partial charge in [0.25, 0.3) is 0 Å². The minimum atomic E-state index is -4.89. The first-order valence-corrected chi connectivity index (χ1v) is 9.35. The molecule has 1 unspecified atom stereocenters. The number of halogens is 3. The van der Waals surface area contributed by atoms with Crippen LogP contribution in [0.5, 0.6) is 5.75 Å². The molecular formula is C18H16F3N3O4S. The molecule has 0 radical (unpaired) electrons. The van der Waals surface area contributed by atoms with Crippen molar-refractivity contribution < 1.29 is 32.3 Å². The van der Waals surface area contributed by atoms with Gasteiger partial charge in [-0.25, -0.2) is 0 Å². The molecule has 3 aromatic rings. The highest BCUT2D eigenvalue weighted by molar-refractivity contribution is 7.13. The van der Waals surface area contributed by atoms with Gasteiger partial charge in [-0.05, 0) is 17.5 Å². The van der Waals surface area contributed by atoms with Gasteiger partial charge in [0.2, 0.25) is 17.6 Å². The van der Waals surface area contributed by atoms with Crippen molar-refractivity contribution in [2.75, 3.05) is 6.61 Å². The molecule has 0 fully saturated rings. The lowest BCUT2D eigenvalue weighted by molar-refractivity contribution is -0.275. The molecule has 7 nitrogen and oxygen atoms in total. The van der Waals surface area contributed by atoms with Gasteiger partial charge in [-0.2, -0.15) is 4.98 Å². The van der Waals surface area contributed by atoms with E-state index < -0.39 is 30.7 Å². The SMILES string of the molecule is O=C(CCc1nc(-c2cccs2)no1)NC(CO)c1ccccc1OC(F)(F)F. The topological polar surface area (TPSA) is 97.5 Å². The predicted molar refractivity (Wildman–Crippen MR) is 97.0 cm³/mol. The number of carbonyl (C=O) groups is 1. The third-order valence-corrected chi connectivity index (χ3v) is 4.68. The van der Waals surface area contributed by atoms with E-state index in [4.69, 9.17) is 4.52 Å². The zero-order valence-electron chi connectivity index (χ0n) is 14.8. The van der Waals surface area contributed by atoms with Crippen LogP contribution in [-0.2, 0) is 11.2 Å². The van der Waals surface area contributed by atoms with Gasteiger partial charge >= 0.3 is 6.36 Å². The highest BCUT2D eigenvalue weighted by atomic mass is 32.1. The number of para-hydroxylation sites is 1. The Morgan fingerprint density at radius 1 is 1.28 bits per heavy atom. The fraction of sp³-hybridized carbons (Fsp3) is 0.278. The second-order valence-electron chi connectivity index (χ2n) is 5.88. The van der Waals surface area contributed by atoms with Gasteiger partial charge in [-0.1, -0.05) is 29.4 Å². The first-order chi connectivity index (χ1) is 13.9. The van der Waals surface area contributed by atoms with E-state index in [9.17, 15) is 23.1 Å². The predicted octanol–water partition coefficient (Wildman–Crippen LogP) is 3.48. The molecule has 0 bridgehead atoms. The number of amides is 1. The number of aliphatic hydroxyl groups is 1. The van der Waals surface area contributed by atoms with Crippen molar-refractivity contribution in [1.29, 1.82) is 0 Å². The van der Waals surface area contributed by atoms with Crippen LogP contribution in [0.2, 0.25) is 0 Å². The van der Waals surface area contributed by atoms with E-state index in [2.05, 4.69) is 20.2 Å². The number of hydrogen-bond donors (Lipinski definition) is 2. The number of nitrogens with zero attached hydrogens (tertiary/aromatic N) is 2. The van der Waals surface area contributed by atoms with Crippen LogP contribution in [0.1, 0.15) is 23.9 Å². The number of alkyl halides is 3. The van der Waals surface area contributed by atoms with Gasteiger partial charge in [0, 0.05) is 18.4 Å². The summed E-state index contributed by atoms with van der Waals surface area (Å²) < 4.78 is 46.8. The number of carbonyl (C=O) groups excluding carboxylic acids is 1. The lowest BCUT2D eigenvalue weighted by Crippen LogP contribution is -2.31. The molecule has 0 spiro atoms. The Morgan fingerprint density at radius 2 is 2.07 bits per heavy atom. The molecule has 154 valence electrons. The van der Waals surface area contributed by atoms with Crippen LogP contribution in [0.3, 0.4) is 0 Å². The summed E-state index contributed by atoms with van der Waals surface area (Å²) in [5.74, 6) is -0.314. The molecule has 0 aliphatic carbocycles. The van der Waals surface area contributed by atoms with E-state index in [-0.39, 0.29) is 24.3 Å². The third-order valence-electron chi connectivity index (χ3n) is 3.81. The summed E-state index contributed by atoms with van der Waals surface area (Å²) >= 11 is 1.44. The second-order valence-corrected chi connectivity index (χ2v) is 6.83. The number of nitrogens with one attached hydrogen (secondary N) is 1. The third kappa shape index (κ3) is 5.78. The van der Waals surface area contributed by atoms with Gasteiger partial charge < -0.3 is 19.7 Å². The van der Waals surface area contributed by atoms with Crippen molar-refractivity contribution in [1.82, 2.24) is 15.5 Å². The van der Waals surface area contributed by atoms with Crippen molar-refractivity contribution in [2.24, 2.45) is 0 Å². The molecular weight excluding hydrogens is 411 g/mol. The zero-order chi connectivity index (χ0) is 20.9. The van der Waals surface area contributed by atoms with Crippen LogP contribution in [0.4, 0.5) is 13.2 Å². The molecule has 11 heteroatoms. The molecule has 0 saturated carbocycles. The smallest absolute Gasteiger partial charge is 0.405 e. The van der Waals surface area contributed by atoms with E-state index in [1.165, 1.54) is 29.5 Å². The van der Waals surface area contributed by atoms with Crippen molar-refractivity contribution in [3.63, 3.8) is 0 Å². The monoisotopic (exact) mass is 427 g/mol. The average Bonchev–Trinajstić information content (AvgIpc) is 3.35. The Kier molecular flexibility index (Phi) is 6.49. The molecule has 2 N–H and O–H groups in total. The Balaban J connectivity index is 1.61. The first kappa shape index (κ1) is 20.8. The maximum absolute atomic E-state index is 12.6. The van der Waals surface area contributed by atoms with Gasteiger partial charge in [0.15, 0.2) is 0 Å². The van der Waals surface area contributed by atoms with Crippen LogP contribution in [0.25, 0.3) is 10.7 Å². The van der Waals surface area contributed by atoms with Crippen LogP contribution in [0, 0.1) is 0 Å². The normalized spacial score (nSPS) is 12.6. The second kappa shape index (κ2) is 9.05. The molecule has 0 aliphatic rings. The summed E-state index contributed by atoms with van der Waals surface area (Å²) in [6, 6.07) is 7.91. The lowest BCUT2D eigenvalue weighted by atomic mass is 10.1. The Bertz CT molecular complexity index is 944. The lowest BCUT2D eigenvalue weighted by Gasteiger charge is -2.20. The van der Waals surface area contributed by atoms with Crippen molar-refractivity contribution in [2.45, 2.75) is 25.2 Å². The van der Waals surface area contributed by atoms with Gasteiger partial charge in [0.05, 0.1) is 17.5 Å². The largest absolute Gasteiger partial charge is 0.573 e. The Morgan fingerprint density at radius 3 is 2.76 bits per heavy atom. The number of rotatable bonds is 8. The van der Waals surface area contributed by atoms with E-state index in [0.29, 0.717) is 5.82 Å². The van der Waals surface area contributed by atoms with Gasteiger partial charge in [0.1, 0.15) is 5.75 Å². The number of aryl methyl sites for hydroxylation is 1. The quantitative estimate of drug-likeness (QED) is 0.571. The van der Waals surface area contributed by atoms with Crippen LogP contribution in [-0.4, -0.2) is 34.1 Å². The summed E-state index contributed by atoms with van der Waals surface area (Å²) in [4.78, 5) is 17.2. The minimum Gasteiger partial charge on any atom is -0.405 e. The molecule has 1 amide bonds. The van der Waals surface area contributed by atoms with Crippen LogP contribution < -0.4 is 10.1 Å². The number of benzene rings is 1. The molecule has 1 atom stereocenters. The maximum atomic E-state index is 12.6. The number of aliphatic hydroxyl groups excluding tert-OH is 1. The number of ether oxygens (including phenoxy) is 1. The Labute approximate surface area is 167 Å². The number of hydrogen-bond acceptors (Lipinski definition) is 7. The molecule has 1 aromatic carbocycles. The molecule has 29 heavy (non-hydrogen) atoms. The van der Waals surface area contributed by atoms with Crippen LogP contribution in [0.15, 0.2) is 46.3 Å². The van der Waals surface area contributed by atoms with Crippen molar-refractivity contribution >= 4 is 17.2 Å². The maximum Gasteiger partial charge on any atom is 0.573 e. The summed E-state index contributed by atoms with van der Waals surface area (Å²) in [5.41, 5.74) is 0.0125. The molecule has 0 saturated heterocycles. The highest BCUT2D eigenvalue weighted by Crippen LogP contribution is 2.30. The zero-order valence-corrected chi connectivity index (χ0v) is 15.7.